The van der Waals surface area contributed by atoms with Crippen LogP contribution in [0.5, 0.6) is 0 Å². The van der Waals surface area contributed by atoms with Gasteiger partial charge in [-0.2, -0.15) is 0 Å². The lowest BCUT2D eigenvalue weighted by Crippen LogP contribution is -2.30. The van der Waals surface area contributed by atoms with Gasteiger partial charge >= 0.3 is 5.97 Å². The fraction of sp³-hybridized carbons (Fsp3) is 0.467. The molecule has 5 nitrogen and oxygen atoms in total. The van der Waals surface area contributed by atoms with Crippen LogP contribution in [0.3, 0.4) is 0 Å². The van der Waals surface area contributed by atoms with Crippen LogP contribution in [0, 0.1) is 5.41 Å². The van der Waals surface area contributed by atoms with Crippen LogP contribution in [0.15, 0.2) is 24.3 Å². The molecule has 1 aliphatic carbocycles. The predicted molar refractivity (Wildman–Crippen MR) is 76.4 cm³/mol. The minimum Gasteiger partial charge on any atom is -0.462 e. The summed E-state index contributed by atoms with van der Waals surface area (Å²) >= 11 is 0. The van der Waals surface area contributed by atoms with Crippen LogP contribution in [0.4, 0.5) is 5.69 Å². The number of ether oxygens (including phenoxy) is 1. The molecule has 1 aliphatic rings. The van der Waals surface area contributed by atoms with Crippen molar-refractivity contribution in [3.8, 4) is 0 Å². The van der Waals surface area contributed by atoms with Crippen LogP contribution in [-0.2, 0) is 9.53 Å². The van der Waals surface area contributed by atoms with Crippen LogP contribution < -0.4 is 11.1 Å². The Morgan fingerprint density at radius 2 is 1.95 bits per heavy atom. The molecule has 1 fully saturated rings. The first-order valence-corrected chi connectivity index (χ1v) is 6.90. The molecule has 0 spiro atoms. The maximum absolute atomic E-state index is 12.0. The van der Waals surface area contributed by atoms with Gasteiger partial charge in [0.1, 0.15) is 0 Å². The maximum atomic E-state index is 12.0. The van der Waals surface area contributed by atoms with Crippen LogP contribution in [-0.4, -0.2) is 25.0 Å². The quantitative estimate of drug-likeness (QED) is 0.778. The number of carbonyl (C=O) groups excluding carboxylic acids is 2. The van der Waals surface area contributed by atoms with Crippen LogP contribution in [0.25, 0.3) is 0 Å². The van der Waals surface area contributed by atoms with Gasteiger partial charge in [-0.15, -0.1) is 0 Å². The molecule has 0 aromatic heterocycles. The number of anilines is 1. The van der Waals surface area contributed by atoms with E-state index in [4.69, 9.17) is 10.5 Å². The predicted octanol–water partition coefficient (Wildman–Crippen LogP) is 1.93. The van der Waals surface area contributed by atoms with Crippen molar-refractivity contribution in [3.63, 3.8) is 0 Å². The van der Waals surface area contributed by atoms with Crippen LogP contribution >= 0.6 is 0 Å². The summed E-state index contributed by atoms with van der Waals surface area (Å²) in [5, 5.41) is 2.83. The molecule has 1 aromatic rings. The third kappa shape index (κ3) is 3.17. The van der Waals surface area contributed by atoms with Gasteiger partial charge in [-0.1, -0.05) is 6.92 Å². The Morgan fingerprint density at radius 1 is 1.30 bits per heavy atom. The number of esters is 1. The molecule has 1 aromatic carbocycles. The molecule has 20 heavy (non-hydrogen) atoms. The van der Waals surface area contributed by atoms with Gasteiger partial charge in [0.2, 0.25) is 5.91 Å². The molecular weight excluding hydrogens is 256 g/mol. The van der Waals surface area contributed by atoms with E-state index in [-0.39, 0.29) is 17.3 Å². The highest BCUT2D eigenvalue weighted by atomic mass is 16.5. The molecule has 0 radical (unpaired) electrons. The van der Waals surface area contributed by atoms with E-state index in [1.54, 1.807) is 24.3 Å². The highest BCUT2D eigenvalue weighted by molar-refractivity contribution is 5.98. The van der Waals surface area contributed by atoms with Gasteiger partial charge in [0.25, 0.3) is 0 Å². The number of hydrogen-bond donors (Lipinski definition) is 2. The third-order valence-corrected chi connectivity index (χ3v) is 3.54. The number of hydrogen-bond acceptors (Lipinski definition) is 4. The first-order chi connectivity index (χ1) is 9.61. The van der Waals surface area contributed by atoms with Crippen molar-refractivity contribution in [2.24, 2.45) is 11.1 Å². The van der Waals surface area contributed by atoms with Crippen molar-refractivity contribution in [2.75, 3.05) is 18.5 Å². The second-order valence-corrected chi connectivity index (χ2v) is 5.15. The summed E-state index contributed by atoms with van der Waals surface area (Å²) in [6.45, 7) is 2.73. The van der Waals surface area contributed by atoms with Crippen molar-refractivity contribution in [3.05, 3.63) is 29.8 Å². The molecule has 0 heterocycles. The van der Waals surface area contributed by atoms with E-state index in [9.17, 15) is 9.59 Å². The molecule has 5 heteroatoms. The van der Waals surface area contributed by atoms with Gasteiger partial charge in [0.15, 0.2) is 0 Å². The van der Waals surface area contributed by atoms with E-state index in [1.165, 1.54) is 0 Å². The Labute approximate surface area is 118 Å². The monoisotopic (exact) mass is 276 g/mol. The first-order valence-electron chi connectivity index (χ1n) is 6.90. The molecule has 3 N–H and O–H groups in total. The largest absolute Gasteiger partial charge is 0.462 e. The molecule has 0 unspecified atom stereocenters. The average molecular weight is 276 g/mol. The number of carbonyl (C=O) groups is 2. The topological polar surface area (TPSA) is 81.4 Å². The molecular formula is C15H20N2O3. The first kappa shape index (κ1) is 14.5. The van der Waals surface area contributed by atoms with Crippen molar-refractivity contribution in [2.45, 2.75) is 26.2 Å². The van der Waals surface area contributed by atoms with Crippen molar-refractivity contribution in [1.82, 2.24) is 0 Å². The number of nitrogens with two attached hydrogens (primary N) is 1. The lowest BCUT2D eigenvalue weighted by Gasteiger charge is -2.13. The third-order valence-electron chi connectivity index (χ3n) is 3.54. The summed E-state index contributed by atoms with van der Waals surface area (Å²) < 4.78 is 5.04. The van der Waals surface area contributed by atoms with Crippen molar-refractivity contribution < 1.29 is 14.3 Å². The van der Waals surface area contributed by atoms with Gasteiger partial charge in [-0.05, 0) is 43.5 Å². The number of amides is 1. The number of benzene rings is 1. The maximum Gasteiger partial charge on any atom is 0.338 e. The Bertz CT molecular complexity index is 492. The fourth-order valence-corrected chi connectivity index (χ4v) is 1.91. The summed E-state index contributed by atoms with van der Waals surface area (Å²) in [5.41, 5.74) is 6.39. The zero-order valence-electron chi connectivity index (χ0n) is 11.6. The summed E-state index contributed by atoms with van der Waals surface area (Å²) in [4.78, 5) is 23.6. The normalized spacial score (nSPS) is 15.5. The standard InChI is InChI=1S/C15H20N2O3/c1-2-9-20-13(18)11-3-5-12(6-4-11)17-14(19)15(10-16)7-8-15/h3-6H,2,7-10,16H2,1H3,(H,17,19). The minimum absolute atomic E-state index is 0.0405. The van der Waals surface area contributed by atoms with E-state index in [0.29, 0.717) is 24.4 Å². The minimum atomic E-state index is -0.376. The summed E-state index contributed by atoms with van der Waals surface area (Å²) in [6.07, 6.45) is 2.48. The van der Waals surface area contributed by atoms with Gasteiger partial charge < -0.3 is 15.8 Å². The van der Waals surface area contributed by atoms with E-state index in [2.05, 4.69) is 5.32 Å². The van der Waals surface area contributed by atoms with Crippen LogP contribution in [0.2, 0.25) is 0 Å². The molecule has 0 bridgehead atoms. The lowest BCUT2D eigenvalue weighted by atomic mass is 10.1. The Kier molecular flexibility index (Phi) is 4.39. The SMILES string of the molecule is CCCOC(=O)c1ccc(NC(=O)C2(CN)CC2)cc1. The summed E-state index contributed by atoms with van der Waals surface area (Å²) in [5.74, 6) is -0.383. The Hall–Kier alpha value is -1.88. The smallest absolute Gasteiger partial charge is 0.338 e. The Balaban J connectivity index is 1.95. The van der Waals surface area contributed by atoms with Gasteiger partial charge in [0.05, 0.1) is 17.6 Å². The average Bonchev–Trinajstić information content (AvgIpc) is 3.26. The fourth-order valence-electron chi connectivity index (χ4n) is 1.91. The zero-order valence-corrected chi connectivity index (χ0v) is 11.6. The van der Waals surface area contributed by atoms with Crippen LogP contribution in [0.1, 0.15) is 36.5 Å². The number of rotatable bonds is 6. The van der Waals surface area contributed by atoms with Crippen molar-refractivity contribution in [1.29, 1.82) is 0 Å². The van der Waals surface area contributed by atoms with Gasteiger partial charge in [-0.3, -0.25) is 4.79 Å². The van der Waals surface area contributed by atoms with Gasteiger partial charge in [-0.25, -0.2) is 4.79 Å². The molecule has 1 amide bonds. The molecule has 0 aliphatic heterocycles. The molecule has 2 rings (SSSR count). The van der Waals surface area contributed by atoms with E-state index < -0.39 is 0 Å². The van der Waals surface area contributed by atoms with Gasteiger partial charge in [0, 0.05) is 12.2 Å². The van der Waals surface area contributed by atoms with E-state index in [0.717, 1.165) is 19.3 Å². The zero-order chi connectivity index (χ0) is 14.6. The van der Waals surface area contributed by atoms with E-state index >= 15 is 0 Å². The molecule has 0 saturated heterocycles. The summed E-state index contributed by atoms with van der Waals surface area (Å²) in [7, 11) is 0. The lowest BCUT2D eigenvalue weighted by molar-refractivity contribution is -0.120. The summed E-state index contributed by atoms with van der Waals surface area (Å²) in [6, 6.07) is 6.70. The van der Waals surface area contributed by atoms with E-state index in [1.807, 2.05) is 6.92 Å². The molecule has 0 atom stereocenters. The highest BCUT2D eigenvalue weighted by Crippen LogP contribution is 2.45. The number of nitrogens with one attached hydrogen (secondary N) is 1. The molecule has 1 saturated carbocycles. The Morgan fingerprint density at radius 3 is 2.45 bits per heavy atom. The second kappa shape index (κ2) is 6.05. The molecule has 108 valence electrons. The highest BCUT2D eigenvalue weighted by Gasteiger charge is 2.48. The second-order valence-electron chi connectivity index (χ2n) is 5.15. The van der Waals surface area contributed by atoms with Crippen molar-refractivity contribution >= 4 is 17.6 Å².